The fourth-order valence-electron chi connectivity index (χ4n) is 3.08. The van der Waals surface area contributed by atoms with E-state index < -0.39 is 0 Å². The molecule has 0 heterocycles. The summed E-state index contributed by atoms with van der Waals surface area (Å²) in [5.41, 5.74) is 6.66. The summed E-state index contributed by atoms with van der Waals surface area (Å²) in [4.78, 5) is 2.25. The van der Waals surface area contributed by atoms with Crippen molar-refractivity contribution < 1.29 is 0 Å². The Bertz CT molecular complexity index is 1040. The molecule has 0 aliphatic rings. The maximum Gasteiger partial charge on any atom is 0.0462 e. The first-order chi connectivity index (χ1) is 13.8. The molecule has 0 unspecified atom stereocenters. The SMILES string of the molecule is Cc1ccc(C#Cc2ccc(N(c3ccccc3)c3ccccc3)cc2)cc1. The Kier molecular flexibility index (Phi) is 5.22. The number of aryl methyl sites for hydroxylation is 1. The molecule has 4 rings (SSSR count). The van der Waals surface area contributed by atoms with Gasteiger partial charge >= 0.3 is 0 Å². The Morgan fingerprint density at radius 2 is 0.857 bits per heavy atom. The highest BCUT2D eigenvalue weighted by atomic mass is 15.1. The molecular formula is C27H21N. The number of benzene rings is 4. The first-order valence-electron chi connectivity index (χ1n) is 9.38. The number of rotatable bonds is 3. The van der Waals surface area contributed by atoms with Gasteiger partial charge in [-0.15, -0.1) is 0 Å². The predicted molar refractivity (Wildman–Crippen MR) is 118 cm³/mol. The van der Waals surface area contributed by atoms with Crippen LogP contribution in [0.3, 0.4) is 0 Å². The Labute approximate surface area is 166 Å². The standard InChI is InChI=1S/C27H21N/c1-22-12-14-23(15-13-22)16-17-24-18-20-27(21-19-24)28(25-8-4-2-5-9-25)26-10-6-3-7-11-26/h2-15,18-21H,1H3. The third-order valence-corrected chi connectivity index (χ3v) is 4.56. The summed E-state index contributed by atoms with van der Waals surface area (Å²) in [5.74, 6) is 6.49. The molecule has 0 bridgehead atoms. The van der Waals surface area contributed by atoms with Gasteiger partial charge in [-0.3, -0.25) is 0 Å². The van der Waals surface area contributed by atoms with E-state index in [1.165, 1.54) is 5.56 Å². The molecule has 0 atom stereocenters. The lowest BCUT2D eigenvalue weighted by Crippen LogP contribution is -2.09. The number of para-hydroxylation sites is 2. The smallest absolute Gasteiger partial charge is 0.0462 e. The van der Waals surface area contributed by atoms with Gasteiger partial charge in [-0.2, -0.15) is 0 Å². The number of nitrogens with zero attached hydrogens (tertiary/aromatic N) is 1. The molecule has 4 aromatic rings. The molecule has 0 saturated carbocycles. The summed E-state index contributed by atoms with van der Waals surface area (Å²) in [6, 6.07) is 37.5. The highest BCUT2D eigenvalue weighted by molar-refractivity contribution is 5.76. The molecule has 0 spiro atoms. The quantitative estimate of drug-likeness (QED) is 0.361. The second kappa shape index (κ2) is 8.29. The molecule has 0 aliphatic heterocycles. The van der Waals surface area contributed by atoms with Crippen molar-refractivity contribution in [2.45, 2.75) is 6.92 Å². The van der Waals surface area contributed by atoms with Crippen molar-refractivity contribution in [3.05, 3.63) is 126 Å². The minimum Gasteiger partial charge on any atom is -0.311 e. The van der Waals surface area contributed by atoms with Crippen molar-refractivity contribution in [3.63, 3.8) is 0 Å². The highest BCUT2D eigenvalue weighted by Crippen LogP contribution is 2.33. The van der Waals surface area contributed by atoms with Crippen LogP contribution in [0.1, 0.15) is 16.7 Å². The average molecular weight is 359 g/mol. The maximum atomic E-state index is 3.26. The van der Waals surface area contributed by atoms with Crippen molar-refractivity contribution >= 4 is 17.1 Å². The Morgan fingerprint density at radius 3 is 1.32 bits per heavy atom. The largest absolute Gasteiger partial charge is 0.311 e. The highest BCUT2D eigenvalue weighted by Gasteiger charge is 2.11. The third kappa shape index (κ3) is 4.14. The van der Waals surface area contributed by atoms with Crippen molar-refractivity contribution in [2.24, 2.45) is 0 Å². The Balaban J connectivity index is 1.65. The van der Waals surface area contributed by atoms with E-state index in [1.807, 2.05) is 12.1 Å². The minimum atomic E-state index is 1.00. The zero-order chi connectivity index (χ0) is 19.2. The van der Waals surface area contributed by atoms with Crippen LogP contribution in [0.15, 0.2) is 109 Å². The molecule has 0 radical (unpaired) electrons. The van der Waals surface area contributed by atoms with Crippen LogP contribution in [0.4, 0.5) is 17.1 Å². The second-order valence-corrected chi connectivity index (χ2v) is 6.67. The molecule has 28 heavy (non-hydrogen) atoms. The second-order valence-electron chi connectivity index (χ2n) is 6.67. The lowest BCUT2D eigenvalue weighted by Gasteiger charge is -2.25. The summed E-state index contributed by atoms with van der Waals surface area (Å²) < 4.78 is 0. The number of hydrogen-bond donors (Lipinski definition) is 0. The van der Waals surface area contributed by atoms with Gasteiger partial charge in [0, 0.05) is 28.2 Å². The van der Waals surface area contributed by atoms with Gasteiger partial charge in [0.2, 0.25) is 0 Å². The van der Waals surface area contributed by atoms with Gasteiger partial charge in [0.25, 0.3) is 0 Å². The van der Waals surface area contributed by atoms with E-state index in [9.17, 15) is 0 Å². The average Bonchev–Trinajstić information content (AvgIpc) is 2.76. The summed E-state index contributed by atoms with van der Waals surface area (Å²) in [7, 11) is 0. The van der Waals surface area contributed by atoms with Crippen LogP contribution in [0.2, 0.25) is 0 Å². The van der Waals surface area contributed by atoms with E-state index in [0.29, 0.717) is 0 Å². The molecular weight excluding hydrogens is 338 g/mol. The normalized spacial score (nSPS) is 10.0. The fourth-order valence-corrected chi connectivity index (χ4v) is 3.08. The van der Waals surface area contributed by atoms with E-state index in [1.54, 1.807) is 0 Å². The van der Waals surface area contributed by atoms with E-state index >= 15 is 0 Å². The molecule has 1 nitrogen and oxygen atoms in total. The van der Waals surface area contributed by atoms with Crippen molar-refractivity contribution in [2.75, 3.05) is 4.90 Å². The van der Waals surface area contributed by atoms with Gasteiger partial charge in [0.15, 0.2) is 0 Å². The molecule has 0 aliphatic carbocycles. The van der Waals surface area contributed by atoms with Gasteiger partial charge in [-0.1, -0.05) is 65.9 Å². The van der Waals surface area contributed by atoms with Crippen molar-refractivity contribution in [3.8, 4) is 11.8 Å². The third-order valence-electron chi connectivity index (χ3n) is 4.56. The zero-order valence-electron chi connectivity index (χ0n) is 15.8. The van der Waals surface area contributed by atoms with E-state index in [-0.39, 0.29) is 0 Å². The van der Waals surface area contributed by atoms with Crippen LogP contribution in [-0.2, 0) is 0 Å². The summed E-state index contributed by atoms with van der Waals surface area (Å²) in [5, 5.41) is 0. The van der Waals surface area contributed by atoms with Gasteiger partial charge in [0.05, 0.1) is 0 Å². The van der Waals surface area contributed by atoms with Crippen LogP contribution in [0.5, 0.6) is 0 Å². The first-order valence-corrected chi connectivity index (χ1v) is 9.38. The molecule has 1 heteroatoms. The van der Waals surface area contributed by atoms with Crippen LogP contribution >= 0.6 is 0 Å². The van der Waals surface area contributed by atoms with E-state index in [2.05, 4.69) is 121 Å². The van der Waals surface area contributed by atoms with Gasteiger partial charge in [0.1, 0.15) is 0 Å². The van der Waals surface area contributed by atoms with Crippen LogP contribution in [0.25, 0.3) is 0 Å². The fraction of sp³-hybridized carbons (Fsp3) is 0.0370. The molecule has 134 valence electrons. The summed E-state index contributed by atoms with van der Waals surface area (Å²) >= 11 is 0. The first kappa shape index (κ1) is 17.6. The van der Waals surface area contributed by atoms with Crippen LogP contribution in [0, 0.1) is 18.8 Å². The van der Waals surface area contributed by atoms with E-state index in [4.69, 9.17) is 0 Å². The maximum absolute atomic E-state index is 3.26. The van der Waals surface area contributed by atoms with E-state index in [0.717, 1.165) is 28.2 Å². The van der Waals surface area contributed by atoms with Crippen molar-refractivity contribution in [1.29, 1.82) is 0 Å². The lowest BCUT2D eigenvalue weighted by atomic mass is 10.1. The molecule has 4 aromatic carbocycles. The van der Waals surface area contributed by atoms with Crippen LogP contribution < -0.4 is 4.90 Å². The lowest BCUT2D eigenvalue weighted by molar-refractivity contribution is 1.28. The number of anilines is 3. The Hall–Kier alpha value is -3.76. The Morgan fingerprint density at radius 1 is 0.464 bits per heavy atom. The van der Waals surface area contributed by atoms with Gasteiger partial charge in [-0.05, 0) is 67.6 Å². The topological polar surface area (TPSA) is 3.24 Å². The minimum absolute atomic E-state index is 1.00. The zero-order valence-corrected chi connectivity index (χ0v) is 15.8. The molecule has 0 amide bonds. The monoisotopic (exact) mass is 359 g/mol. The van der Waals surface area contributed by atoms with Gasteiger partial charge in [-0.25, -0.2) is 0 Å². The predicted octanol–water partition coefficient (Wildman–Crippen LogP) is 6.86. The number of hydrogen-bond acceptors (Lipinski definition) is 1. The van der Waals surface area contributed by atoms with Crippen LogP contribution in [-0.4, -0.2) is 0 Å². The summed E-state index contributed by atoms with van der Waals surface area (Å²) in [6.07, 6.45) is 0. The molecule has 0 N–H and O–H groups in total. The molecule has 0 fully saturated rings. The molecule has 0 saturated heterocycles. The summed E-state index contributed by atoms with van der Waals surface area (Å²) in [6.45, 7) is 2.08. The van der Waals surface area contributed by atoms with Gasteiger partial charge < -0.3 is 4.90 Å². The van der Waals surface area contributed by atoms with Crippen molar-refractivity contribution in [1.82, 2.24) is 0 Å². The molecule has 0 aromatic heterocycles.